The third kappa shape index (κ3) is 4.84. The van der Waals surface area contributed by atoms with E-state index in [-0.39, 0.29) is 12.5 Å². The second kappa shape index (κ2) is 6.09. The Labute approximate surface area is 104 Å². The second-order valence-electron chi connectivity index (χ2n) is 3.67. The topological polar surface area (TPSA) is 63.3 Å². The molecule has 0 aliphatic rings. The standard InChI is InChI=1S/C11H13Cl2NO2/c12-8-3-7(4-9(13)6-8)5-10(14)1-2-11(15)16/h3-4,6,10H,1-2,5,14H2,(H,15,16). The maximum Gasteiger partial charge on any atom is 0.303 e. The molecule has 0 spiro atoms. The lowest BCUT2D eigenvalue weighted by molar-refractivity contribution is -0.137. The molecule has 1 unspecified atom stereocenters. The van der Waals surface area contributed by atoms with Gasteiger partial charge >= 0.3 is 5.97 Å². The number of carboxylic acid groups (broad SMARTS) is 1. The highest BCUT2D eigenvalue weighted by Gasteiger charge is 2.08. The maximum absolute atomic E-state index is 10.4. The SMILES string of the molecule is NC(CCC(=O)O)Cc1cc(Cl)cc(Cl)c1. The number of hydrogen-bond acceptors (Lipinski definition) is 2. The van der Waals surface area contributed by atoms with E-state index >= 15 is 0 Å². The Morgan fingerprint density at radius 3 is 2.38 bits per heavy atom. The molecular weight excluding hydrogens is 249 g/mol. The lowest BCUT2D eigenvalue weighted by atomic mass is 10.0. The van der Waals surface area contributed by atoms with Crippen molar-refractivity contribution in [1.29, 1.82) is 0 Å². The smallest absolute Gasteiger partial charge is 0.303 e. The molecule has 0 heterocycles. The number of halogens is 2. The number of nitrogens with two attached hydrogens (primary N) is 1. The normalized spacial score (nSPS) is 12.4. The van der Waals surface area contributed by atoms with Crippen LogP contribution in [0.4, 0.5) is 0 Å². The molecule has 0 fully saturated rings. The quantitative estimate of drug-likeness (QED) is 0.857. The summed E-state index contributed by atoms with van der Waals surface area (Å²) >= 11 is 11.7. The molecule has 3 nitrogen and oxygen atoms in total. The second-order valence-corrected chi connectivity index (χ2v) is 4.55. The van der Waals surface area contributed by atoms with E-state index in [0.29, 0.717) is 22.9 Å². The van der Waals surface area contributed by atoms with Crippen molar-refractivity contribution in [3.63, 3.8) is 0 Å². The van der Waals surface area contributed by atoms with E-state index in [0.717, 1.165) is 5.56 Å². The van der Waals surface area contributed by atoms with Crippen LogP contribution in [0.5, 0.6) is 0 Å². The van der Waals surface area contributed by atoms with Crippen LogP contribution in [0.25, 0.3) is 0 Å². The van der Waals surface area contributed by atoms with Gasteiger partial charge in [-0.2, -0.15) is 0 Å². The first-order chi connectivity index (χ1) is 7.47. The summed E-state index contributed by atoms with van der Waals surface area (Å²) in [7, 11) is 0. The summed E-state index contributed by atoms with van der Waals surface area (Å²) in [5, 5.41) is 9.64. The lowest BCUT2D eigenvalue weighted by Gasteiger charge is -2.10. The van der Waals surface area contributed by atoms with Gasteiger partial charge in [0.2, 0.25) is 0 Å². The van der Waals surface area contributed by atoms with E-state index in [1.807, 2.05) is 0 Å². The summed E-state index contributed by atoms with van der Waals surface area (Å²) in [5.74, 6) is -0.834. The fourth-order valence-electron chi connectivity index (χ4n) is 1.44. The molecule has 0 aliphatic carbocycles. The number of hydrogen-bond donors (Lipinski definition) is 2. The van der Waals surface area contributed by atoms with Crippen molar-refractivity contribution in [3.05, 3.63) is 33.8 Å². The number of rotatable bonds is 5. The largest absolute Gasteiger partial charge is 0.481 e. The zero-order valence-electron chi connectivity index (χ0n) is 8.62. The Kier molecular flexibility index (Phi) is 5.06. The minimum Gasteiger partial charge on any atom is -0.481 e. The van der Waals surface area contributed by atoms with Crippen molar-refractivity contribution in [2.24, 2.45) is 5.73 Å². The monoisotopic (exact) mass is 261 g/mol. The fraction of sp³-hybridized carbons (Fsp3) is 0.364. The van der Waals surface area contributed by atoms with E-state index in [1.165, 1.54) is 0 Å². The van der Waals surface area contributed by atoms with Gasteiger partial charge in [0.15, 0.2) is 0 Å². The number of aliphatic carboxylic acids is 1. The fourth-order valence-corrected chi connectivity index (χ4v) is 2.01. The van der Waals surface area contributed by atoms with Gasteiger partial charge in [-0.05, 0) is 36.6 Å². The molecule has 0 saturated heterocycles. The summed E-state index contributed by atoms with van der Waals surface area (Å²) in [6, 6.07) is 5.03. The molecule has 0 saturated carbocycles. The van der Waals surface area contributed by atoms with Crippen LogP contribution < -0.4 is 5.73 Å². The molecule has 16 heavy (non-hydrogen) atoms. The highest BCUT2D eigenvalue weighted by molar-refractivity contribution is 6.34. The highest BCUT2D eigenvalue weighted by atomic mass is 35.5. The molecule has 1 aromatic rings. The average Bonchev–Trinajstić information content (AvgIpc) is 2.12. The molecule has 0 aromatic heterocycles. The highest BCUT2D eigenvalue weighted by Crippen LogP contribution is 2.20. The third-order valence-corrected chi connectivity index (χ3v) is 2.59. The van der Waals surface area contributed by atoms with Gasteiger partial charge in [0, 0.05) is 22.5 Å². The first kappa shape index (κ1) is 13.3. The molecule has 88 valence electrons. The average molecular weight is 262 g/mol. The molecule has 0 amide bonds. The van der Waals surface area contributed by atoms with Crippen LogP contribution in [0.1, 0.15) is 18.4 Å². The molecule has 1 rings (SSSR count). The van der Waals surface area contributed by atoms with Gasteiger partial charge in [0.05, 0.1) is 0 Å². The Morgan fingerprint density at radius 2 is 1.88 bits per heavy atom. The Balaban J connectivity index is 2.55. The minimum atomic E-state index is -0.834. The summed E-state index contributed by atoms with van der Waals surface area (Å²) < 4.78 is 0. The van der Waals surface area contributed by atoms with Crippen molar-refractivity contribution < 1.29 is 9.90 Å². The van der Waals surface area contributed by atoms with E-state index in [9.17, 15) is 4.79 Å². The summed E-state index contributed by atoms with van der Waals surface area (Å²) in [4.78, 5) is 10.4. The van der Waals surface area contributed by atoms with Gasteiger partial charge in [0.25, 0.3) is 0 Å². The number of carbonyl (C=O) groups is 1. The Morgan fingerprint density at radius 1 is 1.31 bits per heavy atom. The zero-order chi connectivity index (χ0) is 12.1. The van der Waals surface area contributed by atoms with E-state index in [2.05, 4.69) is 0 Å². The number of carboxylic acids is 1. The molecule has 5 heteroatoms. The van der Waals surface area contributed by atoms with Gasteiger partial charge in [-0.1, -0.05) is 23.2 Å². The van der Waals surface area contributed by atoms with Crippen LogP contribution in [0.2, 0.25) is 10.0 Å². The Hall–Kier alpha value is -0.770. The van der Waals surface area contributed by atoms with Crippen LogP contribution in [0.15, 0.2) is 18.2 Å². The molecule has 0 aliphatic heterocycles. The van der Waals surface area contributed by atoms with Crippen molar-refractivity contribution in [2.45, 2.75) is 25.3 Å². The van der Waals surface area contributed by atoms with Crippen LogP contribution >= 0.6 is 23.2 Å². The van der Waals surface area contributed by atoms with Crippen LogP contribution in [-0.2, 0) is 11.2 Å². The molecule has 0 bridgehead atoms. The van der Waals surface area contributed by atoms with E-state index in [1.54, 1.807) is 18.2 Å². The molecule has 1 aromatic carbocycles. The van der Waals surface area contributed by atoms with Gasteiger partial charge in [-0.15, -0.1) is 0 Å². The lowest BCUT2D eigenvalue weighted by Crippen LogP contribution is -2.23. The molecule has 1 atom stereocenters. The summed E-state index contributed by atoms with van der Waals surface area (Å²) in [6.07, 6.45) is 1.10. The first-order valence-electron chi connectivity index (χ1n) is 4.89. The predicted molar refractivity (Wildman–Crippen MR) is 65.0 cm³/mol. The van der Waals surface area contributed by atoms with Gasteiger partial charge in [-0.25, -0.2) is 0 Å². The van der Waals surface area contributed by atoms with Crippen molar-refractivity contribution >= 4 is 29.2 Å². The summed E-state index contributed by atoms with van der Waals surface area (Å²) in [5.41, 5.74) is 6.73. The molecule has 0 radical (unpaired) electrons. The van der Waals surface area contributed by atoms with Crippen LogP contribution in [0, 0.1) is 0 Å². The Bertz CT molecular complexity index is 362. The molecular formula is C11H13Cl2NO2. The predicted octanol–water partition coefficient (Wildman–Crippen LogP) is 2.73. The van der Waals surface area contributed by atoms with Gasteiger partial charge < -0.3 is 10.8 Å². The summed E-state index contributed by atoms with van der Waals surface area (Å²) in [6.45, 7) is 0. The van der Waals surface area contributed by atoms with Crippen LogP contribution in [-0.4, -0.2) is 17.1 Å². The van der Waals surface area contributed by atoms with Crippen LogP contribution in [0.3, 0.4) is 0 Å². The maximum atomic E-state index is 10.4. The van der Waals surface area contributed by atoms with E-state index in [4.69, 9.17) is 34.0 Å². The molecule has 3 N–H and O–H groups in total. The number of benzene rings is 1. The van der Waals surface area contributed by atoms with Gasteiger partial charge in [-0.3, -0.25) is 4.79 Å². The first-order valence-corrected chi connectivity index (χ1v) is 5.65. The van der Waals surface area contributed by atoms with Crippen molar-refractivity contribution in [1.82, 2.24) is 0 Å². The van der Waals surface area contributed by atoms with Gasteiger partial charge in [0.1, 0.15) is 0 Å². The zero-order valence-corrected chi connectivity index (χ0v) is 10.1. The van der Waals surface area contributed by atoms with Crippen molar-refractivity contribution in [3.8, 4) is 0 Å². The van der Waals surface area contributed by atoms with Crippen molar-refractivity contribution in [2.75, 3.05) is 0 Å². The van der Waals surface area contributed by atoms with E-state index < -0.39 is 5.97 Å². The minimum absolute atomic E-state index is 0.0788. The third-order valence-electron chi connectivity index (χ3n) is 2.15.